The number of ether oxygens (including phenoxy) is 1. The van der Waals surface area contributed by atoms with Gasteiger partial charge in [0.1, 0.15) is 11.6 Å². The monoisotopic (exact) mass is 385 g/mol. The smallest absolute Gasteiger partial charge is 0.408 e. The van der Waals surface area contributed by atoms with Gasteiger partial charge in [-0.3, -0.25) is 4.79 Å². The van der Waals surface area contributed by atoms with Gasteiger partial charge in [0.15, 0.2) is 0 Å². The van der Waals surface area contributed by atoms with Crippen molar-refractivity contribution in [1.82, 2.24) is 10.2 Å². The van der Waals surface area contributed by atoms with Gasteiger partial charge in [-0.2, -0.15) is 0 Å². The SMILES string of the molecule is CC(C)(C)NC(=O)O[C@@H](CO)C(=O)N1CCN(c2ccc(F)cc2F)CC1. The highest BCUT2D eigenvalue weighted by Crippen LogP contribution is 2.21. The topological polar surface area (TPSA) is 82.1 Å². The number of rotatable bonds is 4. The van der Waals surface area contributed by atoms with E-state index in [1.54, 1.807) is 25.7 Å². The zero-order chi connectivity index (χ0) is 20.2. The number of halogens is 2. The third-order valence-electron chi connectivity index (χ3n) is 4.01. The van der Waals surface area contributed by atoms with Crippen LogP contribution in [-0.4, -0.2) is 66.4 Å². The Morgan fingerprint density at radius 2 is 1.85 bits per heavy atom. The number of alkyl carbamates (subject to hydrolysis) is 1. The number of nitrogens with zero attached hydrogens (tertiary/aromatic N) is 2. The molecule has 1 aromatic carbocycles. The lowest BCUT2D eigenvalue weighted by Gasteiger charge is -2.37. The van der Waals surface area contributed by atoms with E-state index in [-0.39, 0.29) is 18.8 Å². The summed E-state index contributed by atoms with van der Waals surface area (Å²) < 4.78 is 32.0. The van der Waals surface area contributed by atoms with Crippen molar-refractivity contribution in [1.29, 1.82) is 0 Å². The Kier molecular flexibility index (Phi) is 6.59. The third-order valence-corrected chi connectivity index (χ3v) is 4.01. The lowest BCUT2D eigenvalue weighted by Crippen LogP contribution is -2.54. The number of carbonyl (C=O) groups is 2. The predicted molar refractivity (Wildman–Crippen MR) is 95.4 cm³/mol. The number of hydrogen-bond acceptors (Lipinski definition) is 5. The number of amides is 2. The Balaban J connectivity index is 1.93. The molecule has 27 heavy (non-hydrogen) atoms. The molecule has 2 rings (SSSR count). The van der Waals surface area contributed by atoms with E-state index in [9.17, 15) is 23.5 Å². The molecular formula is C18H25F2N3O4. The zero-order valence-corrected chi connectivity index (χ0v) is 15.7. The molecule has 0 radical (unpaired) electrons. The fourth-order valence-electron chi connectivity index (χ4n) is 2.74. The van der Waals surface area contributed by atoms with Crippen molar-refractivity contribution in [2.45, 2.75) is 32.4 Å². The number of aliphatic hydroxyl groups excluding tert-OH is 1. The predicted octanol–water partition coefficient (Wildman–Crippen LogP) is 1.50. The van der Waals surface area contributed by atoms with E-state index in [1.165, 1.54) is 17.0 Å². The van der Waals surface area contributed by atoms with Gasteiger partial charge in [-0.05, 0) is 32.9 Å². The minimum atomic E-state index is -1.30. The first-order chi connectivity index (χ1) is 12.6. The Morgan fingerprint density at radius 1 is 1.22 bits per heavy atom. The van der Waals surface area contributed by atoms with E-state index in [0.717, 1.165) is 6.07 Å². The summed E-state index contributed by atoms with van der Waals surface area (Å²) in [6.07, 6.45) is -2.09. The van der Waals surface area contributed by atoms with Crippen molar-refractivity contribution in [3.8, 4) is 0 Å². The Hall–Kier alpha value is -2.42. The van der Waals surface area contributed by atoms with Crippen molar-refractivity contribution in [2.75, 3.05) is 37.7 Å². The Labute approximate surface area is 156 Å². The highest BCUT2D eigenvalue weighted by Gasteiger charge is 2.31. The number of benzene rings is 1. The van der Waals surface area contributed by atoms with Crippen LogP contribution in [0.15, 0.2) is 18.2 Å². The van der Waals surface area contributed by atoms with Crippen LogP contribution in [0.4, 0.5) is 19.3 Å². The maximum absolute atomic E-state index is 13.9. The molecule has 0 aliphatic carbocycles. The van der Waals surface area contributed by atoms with Crippen LogP contribution in [0.5, 0.6) is 0 Å². The third kappa shape index (κ3) is 5.78. The van der Waals surface area contributed by atoms with Gasteiger partial charge >= 0.3 is 6.09 Å². The summed E-state index contributed by atoms with van der Waals surface area (Å²) >= 11 is 0. The summed E-state index contributed by atoms with van der Waals surface area (Å²) in [6, 6.07) is 3.36. The second-order valence-electron chi connectivity index (χ2n) is 7.36. The summed E-state index contributed by atoms with van der Waals surface area (Å²) in [4.78, 5) is 27.5. The van der Waals surface area contributed by atoms with Gasteiger partial charge < -0.3 is 25.0 Å². The first kappa shape index (κ1) is 20.9. The molecule has 150 valence electrons. The standard InChI is InChI=1S/C18H25F2N3O4/c1-18(2,3)21-17(26)27-15(11-24)16(25)23-8-6-22(7-9-23)14-5-4-12(19)10-13(14)20/h4-5,10,15,24H,6-9,11H2,1-3H3,(H,21,26)/t15-/m0/s1. The lowest BCUT2D eigenvalue weighted by atomic mass is 10.1. The highest BCUT2D eigenvalue weighted by molar-refractivity contribution is 5.84. The van der Waals surface area contributed by atoms with Crippen LogP contribution < -0.4 is 10.2 Å². The molecule has 1 atom stereocenters. The van der Waals surface area contributed by atoms with Crippen molar-refractivity contribution in [3.05, 3.63) is 29.8 Å². The fraction of sp³-hybridized carbons (Fsp3) is 0.556. The van der Waals surface area contributed by atoms with E-state index in [0.29, 0.717) is 13.1 Å². The molecule has 1 heterocycles. The summed E-state index contributed by atoms with van der Waals surface area (Å²) in [7, 11) is 0. The van der Waals surface area contributed by atoms with Crippen LogP contribution in [0, 0.1) is 11.6 Å². The summed E-state index contributed by atoms with van der Waals surface area (Å²) in [5, 5.41) is 12.0. The second-order valence-corrected chi connectivity index (χ2v) is 7.36. The van der Waals surface area contributed by atoms with Crippen molar-refractivity contribution < 1.29 is 28.2 Å². The molecule has 0 spiro atoms. The zero-order valence-electron chi connectivity index (χ0n) is 15.7. The van der Waals surface area contributed by atoms with E-state index in [4.69, 9.17) is 4.74 Å². The molecule has 0 unspecified atom stereocenters. The Bertz CT molecular complexity index is 686. The van der Waals surface area contributed by atoms with Crippen LogP contribution >= 0.6 is 0 Å². The molecule has 0 bridgehead atoms. The van der Waals surface area contributed by atoms with Gasteiger partial charge in [0.25, 0.3) is 5.91 Å². The average Bonchev–Trinajstić information content (AvgIpc) is 2.58. The number of anilines is 1. The number of carbonyl (C=O) groups excluding carboxylic acids is 2. The van der Waals surface area contributed by atoms with Gasteiger partial charge in [-0.15, -0.1) is 0 Å². The second kappa shape index (κ2) is 8.51. The lowest BCUT2D eigenvalue weighted by molar-refractivity contribution is -0.142. The molecule has 1 aliphatic rings. The van der Waals surface area contributed by atoms with Crippen molar-refractivity contribution in [3.63, 3.8) is 0 Å². The number of piperazine rings is 1. The maximum Gasteiger partial charge on any atom is 0.408 e. The first-order valence-corrected chi connectivity index (χ1v) is 8.69. The molecule has 2 amide bonds. The molecular weight excluding hydrogens is 360 g/mol. The number of aliphatic hydroxyl groups is 1. The first-order valence-electron chi connectivity index (χ1n) is 8.69. The van der Waals surface area contributed by atoms with Crippen LogP contribution in [0.3, 0.4) is 0 Å². The molecule has 1 aliphatic heterocycles. The average molecular weight is 385 g/mol. The summed E-state index contributed by atoms with van der Waals surface area (Å²) in [5.41, 5.74) is -0.270. The van der Waals surface area contributed by atoms with Gasteiger partial charge in [0.05, 0.1) is 12.3 Å². The van der Waals surface area contributed by atoms with Gasteiger partial charge in [0.2, 0.25) is 6.10 Å². The van der Waals surface area contributed by atoms with Crippen molar-refractivity contribution in [2.24, 2.45) is 0 Å². The number of hydrogen-bond donors (Lipinski definition) is 2. The Morgan fingerprint density at radius 3 is 2.37 bits per heavy atom. The summed E-state index contributed by atoms with van der Waals surface area (Å²) in [5.74, 6) is -1.83. The van der Waals surface area contributed by atoms with Crippen LogP contribution in [0.1, 0.15) is 20.8 Å². The van der Waals surface area contributed by atoms with E-state index in [2.05, 4.69) is 5.32 Å². The minimum Gasteiger partial charge on any atom is -0.434 e. The molecule has 1 aromatic rings. The highest BCUT2D eigenvalue weighted by atomic mass is 19.1. The van der Waals surface area contributed by atoms with E-state index < -0.39 is 41.9 Å². The van der Waals surface area contributed by atoms with Crippen LogP contribution in [-0.2, 0) is 9.53 Å². The van der Waals surface area contributed by atoms with E-state index >= 15 is 0 Å². The van der Waals surface area contributed by atoms with Crippen LogP contribution in [0.25, 0.3) is 0 Å². The number of nitrogens with one attached hydrogen (secondary N) is 1. The summed E-state index contributed by atoms with van der Waals surface area (Å²) in [6.45, 7) is 5.84. The molecule has 1 fully saturated rings. The quantitative estimate of drug-likeness (QED) is 0.821. The molecule has 1 saturated heterocycles. The van der Waals surface area contributed by atoms with Crippen molar-refractivity contribution >= 4 is 17.7 Å². The minimum absolute atomic E-state index is 0.260. The fourth-order valence-corrected chi connectivity index (χ4v) is 2.74. The molecule has 9 heteroatoms. The molecule has 7 nitrogen and oxygen atoms in total. The normalized spacial score (nSPS) is 16.1. The molecule has 0 aromatic heterocycles. The largest absolute Gasteiger partial charge is 0.434 e. The van der Waals surface area contributed by atoms with Gasteiger partial charge in [-0.1, -0.05) is 0 Å². The van der Waals surface area contributed by atoms with Crippen LogP contribution in [0.2, 0.25) is 0 Å². The molecule has 2 N–H and O–H groups in total. The maximum atomic E-state index is 13.9. The molecule has 0 saturated carbocycles. The van der Waals surface area contributed by atoms with Gasteiger partial charge in [0, 0.05) is 37.8 Å². The van der Waals surface area contributed by atoms with E-state index in [1.807, 2.05) is 0 Å². The van der Waals surface area contributed by atoms with Gasteiger partial charge in [-0.25, -0.2) is 13.6 Å².